The summed E-state index contributed by atoms with van der Waals surface area (Å²) in [7, 11) is 4.61. The van der Waals surface area contributed by atoms with Crippen molar-refractivity contribution in [2.75, 3.05) is 21.3 Å². The maximum Gasteiger partial charge on any atom is 0.310 e. The summed E-state index contributed by atoms with van der Waals surface area (Å²) in [5.41, 5.74) is 1.67. The Morgan fingerprint density at radius 1 is 1.22 bits per heavy atom. The van der Waals surface area contributed by atoms with Crippen LogP contribution in [0.15, 0.2) is 6.07 Å². The number of carboxylic acids is 1. The first-order valence-electron chi connectivity index (χ1n) is 5.68. The van der Waals surface area contributed by atoms with Crippen molar-refractivity contribution in [2.45, 2.75) is 18.8 Å². The molecular formula is C13H16O5. The Hall–Kier alpha value is -1.91. The summed E-state index contributed by atoms with van der Waals surface area (Å²) in [5.74, 6) is 0.290. The van der Waals surface area contributed by atoms with Gasteiger partial charge in [0, 0.05) is 5.56 Å². The third-order valence-corrected chi connectivity index (χ3v) is 3.32. The second-order valence-corrected chi connectivity index (χ2v) is 4.14. The van der Waals surface area contributed by atoms with E-state index in [1.54, 1.807) is 13.2 Å². The number of fused-ring (bicyclic) bond motifs is 1. The van der Waals surface area contributed by atoms with E-state index in [2.05, 4.69) is 0 Å². The topological polar surface area (TPSA) is 65.0 Å². The monoisotopic (exact) mass is 252 g/mol. The van der Waals surface area contributed by atoms with Crippen molar-refractivity contribution >= 4 is 5.97 Å². The second-order valence-electron chi connectivity index (χ2n) is 4.14. The van der Waals surface area contributed by atoms with Gasteiger partial charge in [0.05, 0.1) is 27.2 Å². The van der Waals surface area contributed by atoms with Gasteiger partial charge in [-0.15, -0.1) is 0 Å². The fourth-order valence-electron chi connectivity index (χ4n) is 2.50. The van der Waals surface area contributed by atoms with E-state index in [4.69, 9.17) is 14.2 Å². The van der Waals surface area contributed by atoms with E-state index >= 15 is 0 Å². The highest BCUT2D eigenvalue weighted by Gasteiger charge is 2.33. The highest BCUT2D eigenvalue weighted by Crippen LogP contribution is 2.48. The summed E-state index contributed by atoms with van der Waals surface area (Å²) in [6.45, 7) is 0. The number of hydrogen-bond acceptors (Lipinski definition) is 4. The van der Waals surface area contributed by atoms with Gasteiger partial charge in [0.2, 0.25) is 5.75 Å². The van der Waals surface area contributed by atoms with Gasteiger partial charge in [0.15, 0.2) is 11.5 Å². The first-order valence-corrected chi connectivity index (χ1v) is 5.68. The number of carboxylic acid groups (broad SMARTS) is 1. The maximum absolute atomic E-state index is 11.2. The van der Waals surface area contributed by atoms with Crippen LogP contribution in [0.4, 0.5) is 0 Å². The van der Waals surface area contributed by atoms with Crippen LogP contribution in [-0.2, 0) is 11.2 Å². The molecular weight excluding hydrogens is 236 g/mol. The van der Waals surface area contributed by atoms with Gasteiger partial charge in [0.1, 0.15) is 0 Å². The van der Waals surface area contributed by atoms with Crippen LogP contribution in [0.2, 0.25) is 0 Å². The highest BCUT2D eigenvalue weighted by atomic mass is 16.5. The Kier molecular flexibility index (Phi) is 3.32. The minimum absolute atomic E-state index is 0.492. The number of methoxy groups -OCH3 is 3. The van der Waals surface area contributed by atoms with Crippen molar-refractivity contribution in [1.82, 2.24) is 0 Å². The molecule has 1 aromatic rings. The number of carbonyl (C=O) groups is 1. The van der Waals surface area contributed by atoms with Crippen LogP contribution in [0.25, 0.3) is 0 Å². The average molecular weight is 252 g/mol. The molecule has 0 amide bonds. The second kappa shape index (κ2) is 4.76. The number of hydrogen-bond donors (Lipinski definition) is 1. The molecule has 1 aliphatic rings. The normalized spacial score (nSPS) is 17.2. The fourth-order valence-corrected chi connectivity index (χ4v) is 2.50. The van der Waals surface area contributed by atoms with E-state index < -0.39 is 11.9 Å². The SMILES string of the molecule is COc1cc2c(c(OC)c1OC)CCC2C(=O)O. The quantitative estimate of drug-likeness (QED) is 0.885. The van der Waals surface area contributed by atoms with Crippen molar-refractivity contribution in [3.05, 3.63) is 17.2 Å². The summed E-state index contributed by atoms with van der Waals surface area (Å²) >= 11 is 0. The number of aliphatic carboxylic acids is 1. The van der Waals surface area contributed by atoms with Gasteiger partial charge in [0.25, 0.3) is 0 Å². The first-order chi connectivity index (χ1) is 8.63. The van der Waals surface area contributed by atoms with E-state index in [1.165, 1.54) is 14.2 Å². The van der Waals surface area contributed by atoms with Crippen LogP contribution in [0.1, 0.15) is 23.5 Å². The maximum atomic E-state index is 11.2. The summed E-state index contributed by atoms with van der Waals surface area (Å²) in [4.78, 5) is 11.2. The van der Waals surface area contributed by atoms with E-state index in [1.807, 2.05) is 0 Å². The first kappa shape index (κ1) is 12.5. The van der Waals surface area contributed by atoms with Crippen molar-refractivity contribution < 1.29 is 24.1 Å². The Morgan fingerprint density at radius 3 is 2.39 bits per heavy atom. The van der Waals surface area contributed by atoms with Gasteiger partial charge in [-0.1, -0.05) is 0 Å². The molecule has 0 saturated heterocycles. The molecule has 0 saturated carbocycles. The van der Waals surface area contributed by atoms with Crippen LogP contribution >= 0.6 is 0 Å². The number of rotatable bonds is 4. The molecule has 1 aliphatic carbocycles. The molecule has 1 unspecified atom stereocenters. The Balaban J connectivity index is 2.63. The predicted octanol–water partition coefficient (Wildman–Crippen LogP) is 1.83. The van der Waals surface area contributed by atoms with Gasteiger partial charge in [-0.25, -0.2) is 0 Å². The van der Waals surface area contributed by atoms with Crippen LogP contribution in [0, 0.1) is 0 Å². The summed E-state index contributed by atoms with van der Waals surface area (Å²) in [6, 6.07) is 1.74. The minimum atomic E-state index is -0.817. The standard InChI is InChI=1S/C13H16O5/c1-16-10-6-9-7(4-5-8(9)13(14)15)11(17-2)12(10)18-3/h6,8H,4-5H2,1-3H3,(H,14,15). The van der Waals surface area contributed by atoms with Crippen LogP contribution in [-0.4, -0.2) is 32.4 Å². The zero-order chi connectivity index (χ0) is 13.3. The zero-order valence-electron chi connectivity index (χ0n) is 10.6. The molecule has 18 heavy (non-hydrogen) atoms. The van der Waals surface area contributed by atoms with E-state index in [9.17, 15) is 9.90 Å². The molecule has 1 N–H and O–H groups in total. The molecule has 1 atom stereocenters. The van der Waals surface area contributed by atoms with Crippen LogP contribution in [0.5, 0.6) is 17.2 Å². The van der Waals surface area contributed by atoms with Crippen molar-refractivity contribution in [3.63, 3.8) is 0 Å². The summed E-state index contributed by atoms with van der Waals surface area (Å²) < 4.78 is 15.9. The van der Waals surface area contributed by atoms with Crippen molar-refractivity contribution in [1.29, 1.82) is 0 Å². The molecule has 2 rings (SSSR count). The Bertz CT molecular complexity index is 481. The minimum Gasteiger partial charge on any atom is -0.493 e. The Labute approximate surface area is 105 Å². The molecule has 98 valence electrons. The molecule has 0 bridgehead atoms. The highest BCUT2D eigenvalue weighted by molar-refractivity contribution is 5.79. The lowest BCUT2D eigenvalue weighted by molar-refractivity contribution is -0.138. The molecule has 5 heteroatoms. The lowest BCUT2D eigenvalue weighted by Gasteiger charge is -2.16. The van der Waals surface area contributed by atoms with Gasteiger partial charge in [-0.05, 0) is 24.5 Å². The summed E-state index contributed by atoms with van der Waals surface area (Å²) in [5, 5.41) is 9.20. The van der Waals surface area contributed by atoms with Crippen LogP contribution < -0.4 is 14.2 Å². The molecule has 0 aromatic heterocycles. The largest absolute Gasteiger partial charge is 0.493 e. The predicted molar refractivity (Wildman–Crippen MR) is 64.8 cm³/mol. The molecule has 0 aliphatic heterocycles. The number of benzene rings is 1. The molecule has 0 heterocycles. The third kappa shape index (κ3) is 1.75. The van der Waals surface area contributed by atoms with E-state index in [-0.39, 0.29) is 0 Å². The van der Waals surface area contributed by atoms with Crippen molar-refractivity contribution in [3.8, 4) is 17.2 Å². The molecule has 1 aromatic carbocycles. The van der Waals surface area contributed by atoms with Gasteiger partial charge >= 0.3 is 5.97 Å². The zero-order valence-corrected chi connectivity index (χ0v) is 10.6. The van der Waals surface area contributed by atoms with Gasteiger partial charge in [-0.3, -0.25) is 4.79 Å². The van der Waals surface area contributed by atoms with E-state index in [0.717, 1.165) is 11.1 Å². The van der Waals surface area contributed by atoms with Crippen molar-refractivity contribution in [2.24, 2.45) is 0 Å². The number of ether oxygens (including phenoxy) is 3. The van der Waals surface area contributed by atoms with Gasteiger partial charge < -0.3 is 19.3 Å². The molecule has 5 nitrogen and oxygen atoms in total. The Morgan fingerprint density at radius 2 is 1.89 bits per heavy atom. The summed E-state index contributed by atoms with van der Waals surface area (Å²) in [6.07, 6.45) is 1.26. The van der Waals surface area contributed by atoms with E-state index in [0.29, 0.717) is 30.1 Å². The lowest BCUT2D eigenvalue weighted by atomic mass is 10.0. The third-order valence-electron chi connectivity index (χ3n) is 3.32. The van der Waals surface area contributed by atoms with Crippen LogP contribution in [0.3, 0.4) is 0 Å². The molecule has 0 fully saturated rings. The van der Waals surface area contributed by atoms with Gasteiger partial charge in [-0.2, -0.15) is 0 Å². The lowest BCUT2D eigenvalue weighted by Crippen LogP contribution is -2.08. The fraction of sp³-hybridized carbons (Fsp3) is 0.462. The smallest absolute Gasteiger partial charge is 0.310 e. The average Bonchev–Trinajstić information content (AvgIpc) is 2.79. The molecule has 0 radical (unpaired) electrons. The molecule has 0 spiro atoms.